The van der Waals surface area contributed by atoms with E-state index in [1.54, 1.807) is 34.8 Å². The zero-order valence-electron chi connectivity index (χ0n) is 17.4. The van der Waals surface area contributed by atoms with Gasteiger partial charge in [-0.3, -0.25) is 9.36 Å². The fraction of sp³-hybridized carbons (Fsp3) is 0.455. The van der Waals surface area contributed by atoms with Gasteiger partial charge < -0.3 is 9.47 Å². The molecule has 1 aliphatic rings. The van der Waals surface area contributed by atoms with Gasteiger partial charge in [0.15, 0.2) is 5.16 Å². The van der Waals surface area contributed by atoms with Crippen LogP contribution in [0.5, 0.6) is 5.75 Å². The van der Waals surface area contributed by atoms with Crippen molar-refractivity contribution in [3.63, 3.8) is 0 Å². The number of thiophene rings is 1. The second-order valence-corrected chi connectivity index (χ2v) is 10.5. The van der Waals surface area contributed by atoms with Gasteiger partial charge in [-0.15, -0.1) is 11.3 Å². The Morgan fingerprint density at radius 2 is 1.97 bits per heavy atom. The first kappa shape index (κ1) is 20.4. The molecule has 1 atom stereocenters. The number of aromatic nitrogens is 2. The Hall–Kier alpha value is -1.83. The van der Waals surface area contributed by atoms with Crippen LogP contribution in [0.25, 0.3) is 15.9 Å². The summed E-state index contributed by atoms with van der Waals surface area (Å²) in [6, 6.07) is 7.58. The summed E-state index contributed by atoms with van der Waals surface area (Å²) in [6.07, 6.45) is 0.905. The van der Waals surface area contributed by atoms with E-state index in [1.807, 2.05) is 24.3 Å². The third kappa shape index (κ3) is 3.83. The molecule has 3 heterocycles. The molecule has 154 valence electrons. The van der Waals surface area contributed by atoms with Crippen LogP contribution in [0.3, 0.4) is 0 Å². The first-order valence-electron chi connectivity index (χ1n) is 9.89. The molecule has 0 N–H and O–H groups in total. The molecule has 0 fully saturated rings. The Labute approximate surface area is 179 Å². The molecule has 1 aliphatic heterocycles. The van der Waals surface area contributed by atoms with Crippen LogP contribution in [0, 0.1) is 5.92 Å². The van der Waals surface area contributed by atoms with Crippen LogP contribution in [0.15, 0.2) is 34.2 Å². The lowest BCUT2D eigenvalue weighted by Crippen LogP contribution is -2.28. The van der Waals surface area contributed by atoms with E-state index in [2.05, 4.69) is 27.7 Å². The monoisotopic (exact) mass is 430 g/mol. The molecule has 0 saturated heterocycles. The largest absolute Gasteiger partial charge is 0.497 e. The Bertz CT molecular complexity index is 1080. The highest BCUT2D eigenvalue weighted by Crippen LogP contribution is 2.36. The van der Waals surface area contributed by atoms with Gasteiger partial charge in [0.1, 0.15) is 10.6 Å². The van der Waals surface area contributed by atoms with E-state index < -0.39 is 0 Å². The molecule has 5 nitrogen and oxygen atoms in total. The fourth-order valence-corrected chi connectivity index (χ4v) is 5.62. The maximum absolute atomic E-state index is 13.7. The number of benzene rings is 1. The Morgan fingerprint density at radius 1 is 1.24 bits per heavy atom. The van der Waals surface area contributed by atoms with E-state index in [0.29, 0.717) is 17.8 Å². The van der Waals surface area contributed by atoms with Crippen molar-refractivity contribution in [2.24, 2.45) is 5.92 Å². The van der Waals surface area contributed by atoms with Crippen LogP contribution in [0.2, 0.25) is 0 Å². The molecule has 0 amide bonds. The van der Waals surface area contributed by atoms with Gasteiger partial charge in [0, 0.05) is 16.5 Å². The average Bonchev–Trinajstić information content (AvgIpc) is 3.05. The van der Waals surface area contributed by atoms with Crippen molar-refractivity contribution in [3.05, 3.63) is 45.1 Å². The van der Waals surface area contributed by atoms with Crippen molar-refractivity contribution in [2.45, 2.75) is 57.2 Å². The third-order valence-corrected chi connectivity index (χ3v) is 7.18. The van der Waals surface area contributed by atoms with Crippen molar-refractivity contribution in [1.29, 1.82) is 0 Å². The minimum Gasteiger partial charge on any atom is -0.497 e. The van der Waals surface area contributed by atoms with E-state index in [9.17, 15) is 4.79 Å². The first-order valence-corrected chi connectivity index (χ1v) is 11.6. The fourth-order valence-electron chi connectivity index (χ4n) is 3.58. The maximum atomic E-state index is 13.7. The van der Waals surface area contributed by atoms with E-state index in [4.69, 9.17) is 14.5 Å². The summed E-state index contributed by atoms with van der Waals surface area (Å²) < 4.78 is 13.1. The number of fused-ring (bicyclic) bond motifs is 3. The standard InChI is InChI=1S/C22H26N2O3S2/c1-12(2)17-10-16-18(11-27-17)29-20-19(16)21(25)24(22(23-20)28-13(3)4)14-6-8-15(26-5)9-7-14/h6-9,12-13,17H,10-11H2,1-5H3/t17-/m0/s1. The minimum atomic E-state index is 0.00484. The maximum Gasteiger partial charge on any atom is 0.267 e. The Balaban J connectivity index is 1.93. The topological polar surface area (TPSA) is 53.4 Å². The van der Waals surface area contributed by atoms with Crippen molar-refractivity contribution in [3.8, 4) is 11.4 Å². The predicted molar refractivity (Wildman–Crippen MR) is 120 cm³/mol. The summed E-state index contributed by atoms with van der Waals surface area (Å²) in [4.78, 5) is 20.6. The molecule has 1 aromatic carbocycles. The summed E-state index contributed by atoms with van der Waals surface area (Å²) in [5, 5.41) is 1.79. The average molecular weight is 431 g/mol. The van der Waals surface area contributed by atoms with E-state index in [1.165, 1.54) is 0 Å². The molecule has 29 heavy (non-hydrogen) atoms. The van der Waals surface area contributed by atoms with Gasteiger partial charge in [-0.05, 0) is 35.7 Å². The lowest BCUT2D eigenvalue weighted by molar-refractivity contribution is 0.00200. The van der Waals surface area contributed by atoms with Gasteiger partial charge in [-0.25, -0.2) is 4.98 Å². The molecule has 3 aromatic rings. The van der Waals surface area contributed by atoms with Crippen LogP contribution in [-0.4, -0.2) is 28.0 Å². The Kier molecular flexibility index (Phi) is 5.73. The molecule has 7 heteroatoms. The lowest BCUT2D eigenvalue weighted by atomic mass is 9.96. The van der Waals surface area contributed by atoms with Gasteiger partial charge in [-0.1, -0.05) is 39.5 Å². The molecule has 0 aliphatic carbocycles. The summed E-state index contributed by atoms with van der Waals surface area (Å²) in [5.41, 5.74) is 1.93. The first-order chi connectivity index (χ1) is 13.9. The second kappa shape index (κ2) is 8.13. The number of methoxy groups -OCH3 is 1. The number of ether oxygens (including phenoxy) is 2. The molecule has 4 rings (SSSR count). The van der Waals surface area contributed by atoms with Crippen LogP contribution in [0.1, 0.15) is 38.1 Å². The highest BCUT2D eigenvalue weighted by molar-refractivity contribution is 7.99. The number of thioether (sulfide) groups is 1. The normalized spacial score (nSPS) is 16.6. The molecule has 0 spiro atoms. The van der Waals surface area contributed by atoms with Crippen LogP contribution in [0.4, 0.5) is 0 Å². The zero-order chi connectivity index (χ0) is 20.7. The number of hydrogen-bond donors (Lipinski definition) is 0. The van der Waals surface area contributed by atoms with Crippen molar-refractivity contribution < 1.29 is 9.47 Å². The van der Waals surface area contributed by atoms with Gasteiger partial charge in [-0.2, -0.15) is 0 Å². The van der Waals surface area contributed by atoms with Gasteiger partial charge >= 0.3 is 0 Å². The van der Waals surface area contributed by atoms with E-state index in [0.717, 1.165) is 43.7 Å². The molecule has 0 saturated carbocycles. The van der Waals surface area contributed by atoms with Crippen LogP contribution in [-0.2, 0) is 17.8 Å². The van der Waals surface area contributed by atoms with Gasteiger partial charge in [0.05, 0.1) is 30.9 Å². The van der Waals surface area contributed by atoms with Crippen molar-refractivity contribution >= 4 is 33.3 Å². The van der Waals surface area contributed by atoms with E-state index >= 15 is 0 Å². The Morgan fingerprint density at radius 3 is 2.59 bits per heavy atom. The summed E-state index contributed by atoms with van der Waals surface area (Å²) in [6.45, 7) is 9.11. The smallest absolute Gasteiger partial charge is 0.267 e. The van der Waals surface area contributed by atoms with Crippen LogP contribution < -0.4 is 10.3 Å². The predicted octanol–water partition coefficient (Wildman–Crippen LogP) is 5.05. The number of rotatable bonds is 5. The van der Waals surface area contributed by atoms with Crippen molar-refractivity contribution in [1.82, 2.24) is 9.55 Å². The number of hydrogen-bond acceptors (Lipinski definition) is 6. The zero-order valence-corrected chi connectivity index (χ0v) is 19.0. The summed E-state index contributed by atoms with van der Waals surface area (Å²) in [5.74, 6) is 1.17. The van der Waals surface area contributed by atoms with Gasteiger partial charge in [0.2, 0.25) is 0 Å². The van der Waals surface area contributed by atoms with Gasteiger partial charge in [0.25, 0.3) is 5.56 Å². The highest BCUT2D eigenvalue weighted by atomic mass is 32.2. The molecule has 0 radical (unpaired) electrons. The van der Waals surface area contributed by atoms with Crippen LogP contribution >= 0.6 is 23.1 Å². The SMILES string of the molecule is COc1ccc(-n2c(SC(C)C)nc3sc4c(c3c2=O)C[C@@H](C(C)C)OC4)cc1. The van der Waals surface area contributed by atoms with E-state index in [-0.39, 0.29) is 11.7 Å². The van der Waals surface area contributed by atoms with Crippen molar-refractivity contribution in [2.75, 3.05) is 7.11 Å². The highest BCUT2D eigenvalue weighted by Gasteiger charge is 2.28. The molecule has 0 unspecified atom stereocenters. The number of nitrogens with zero attached hydrogens (tertiary/aromatic N) is 2. The molecular formula is C22H26N2O3S2. The lowest BCUT2D eigenvalue weighted by Gasteiger charge is -2.26. The quantitative estimate of drug-likeness (QED) is 0.419. The second-order valence-electron chi connectivity index (χ2n) is 7.88. The molecule has 0 bridgehead atoms. The molecule has 2 aromatic heterocycles. The summed E-state index contributed by atoms with van der Waals surface area (Å²) in [7, 11) is 1.64. The minimum absolute atomic E-state index is 0.00484. The third-order valence-electron chi connectivity index (χ3n) is 5.13. The molecular weight excluding hydrogens is 404 g/mol. The summed E-state index contributed by atoms with van der Waals surface area (Å²) >= 11 is 3.20.